The molecule has 0 amide bonds. The van der Waals surface area contributed by atoms with Crippen molar-refractivity contribution < 1.29 is 4.74 Å². The van der Waals surface area contributed by atoms with Gasteiger partial charge in [0.2, 0.25) is 0 Å². The lowest BCUT2D eigenvalue weighted by atomic mass is 10.2. The first kappa shape index (κ1) is 37.3. The number of hydrogen-bond donors (Lipinski definition) is 8. The molecule has 0 aliphatic heterocycles. The summed E-state index contributed by atoms with van der Waals surface area (Å²) in [5, 5.41) is 39.7. The van der Waals surface area contributed by atoms with Crippen LogP contribution < -0.4 is 4.74 Å². The summed E-state index contributed by atoms with van der Waals surface area (Å²) in [6.45, 7) is 18.1. The number of aromatic nitrogens is 1. The fourth-order valence-corrected chi connectivity index (χ4v) is 1.86. The Morgan fingerprint density at radius 3 is 1.58 bits per heavy atom. The van der Waals surface area contributed by atoms with Crippen LogP contribution in [0.5, 0.6) is 5.75 Å². The molecule has 0 atom stereocenters. The number of benzene rings is 2. The summed E-state index contributed by atoms with van der Waals surface area (Å²) < 4.78 is 5.76. The molecule has 1 aromatic heterocycles. The smallest absolute Gasteiger partial charge is 0.120 e. The zero-order valence-electron chi connectivity index (χ0n) is 17.8. The average Bonchev–Trinajstić information content (AvgIpc) is 3.40. The van der Waals surface area contributed by atoms with E-state index in [9.17, 15) is 0 Å². The molecule has 0 aliphatic rings. The molecule has 9 nitrogen and oxygen atoms in total. The molecule has 0 fully saturated rings. The number of fused-ring (bicyclic) bond motifs is 1. The number of rotatable bonds is 3. The van der Waals surface area contributed by atoms with Crippen LogP contribution in [0.15, 0.2) is 60.8 Å². The summed E-state index contributed by atoms with van der Waals surface area (Å²) in [5.74, 6) is 0.904. The zero-order valence-corrected chi connectivity index (χ0v) is 17.8. The maximum atomic E-state index is 5.76. The Bertz CT molecular complexity index is 717. The van der Waals surface area contributed by atoms with Gasteiger partial charge in [-0.2, -0.15) is 0 Å². The van der Waals surface area contributed by atoms with Crippen LogP contribution in [0.2, 0.25) is 0 Å². The second-order valence-electron chi connectivity index (χ2n) is 4.00. The minimum absolute atomic E-state index is 0.608. The summed E-state index contributed by atoms with van der Waals surface area (Å²) in [6.07, 6.45) is 1.94. The van der Waals surface area contributed by atoms with E-state index < -0.39 is 0 Å². The quantitative estimate of drug-likeness (QED) is 0.248. The van der Waals surface area contributed by atoms with E-state index in [4.69, 9.17) is 42.6 Å². The van der Waals surface area contributed by atoms with E-state index in [2.05, 4.69) is 70.2 Å². The largest absolute Gasteiger partial charge is 0.489 e. The molecule has 31 heavy (non-hydrogen) atoms. The monoisotopic (exact) mass is 426 g/mol. The lowest BCUT2D eigenvalue weighted by Crippen LogP contribution is -1.94. The molecule has 1 heterocycles. The Kier molecular flexibility index (Phi) is 43.7. The number of H-pyrrole nitrogens is 1. The summed E-state index contributed by atoms with van der Waals surface area (Å²) >= 11 is 0. The van der Waals surface area contributed by atoms with Gasteiger partial charge in [0.15, 0.2) is 0 Å². The molecule has 0 saturated heterocycles. The molecule has 168 valence electrons. The van der Waals surface area contributed by atoms with Gasteiger partial charge in [0, 0.05) is 17.1 Å². The van der Waals surface area contributed by atoms with Crippen molar-refractivity contribution in [2.75, 3.05) is 0 Å². The zero-order chi connectivity index (χ0) is 25.5. The number of aromatic amines is 1. The third kappa shape index (κ3) is 18.6. The maximum Gasteiger partial charge on any atom is 0.120 e. The molecule has 0 spiro atoms. The molecule has 0 unspecified atom stereocenters. The van der Waals surface area contributed by atoms with E-state index in [1.807, 2.05) is 42.6 Å². The molecule has 0 saturated carbocycles. The minimum atomic E-state index is 0.608. The molecule has 8 N–H and O–H groups in total. The molecule has 0 radical (unpaired) electrons. The molecule has 0 aliphatic carbocycles. The summed E-state index contributed by atoms with van der Waals surface area (Å²) in [4.78, 5) is 3.16. The molecule has 3 aromatic rings. The van der Waals surface area contributed by atoms with Gasteiger partial charge in [0.25, 0.3) is 0 Å². The Morgan fingerprint density at radius 1 is 0.613 bits per heavy atom. The van der Waals surface area contributed by atoms with Crippen LogP contribution in [0.25, 0.3) is 10.9 Å². The van der Waals surface area contributed by atoms with Crippen molar-refractivity contribution in [2.24, 2.45) is 0 Å². The first-order valence-corrected chi connectivity index (χ1v) is 8.13. The summed E-state index contributed by atoms with van der Waals surface area (Å²) in [6, 6.07) is 18.3. The van der Waals surface area contributed by atoms with Gasteiger partial charge >= 0.3 is 0 Å². The Morgan fingerprint density at radius 2 is 1.10 bits per heavy atom. The van der Waals surface area contributed by atoms with Gasteiger partial charge in [0.05, 0.1) is 0 Å². The number of ether oxygens (including phenoxy) is 1. The second-order valence-corrected chi connectivity index (χ2v) is 4.00. The lowest BCUT2D eigenvalue weighted by Gasteiger charge is -2.06. The first-order valence-electron chi connectivity index (χ1n) is 8.13. The highest BCUT2D eigenvalue weighted by Gasteiger charge is 1.98. The van der Waals surface area contributed by atoms with E-state index >= 15 is 0 Å². The van der Waals surface area contributed by atoms with Crippen LogP contribution in [0.3, 0.4) is 0 Å². The normalized spacial score (nSPS) is 6.71. The van der Waals surface area contributed by atoms with Crippen LogP contribution in [-0.4, -0.2) is 52.0 Å². The second kappa shape index (κ2) is 36.4. The third-order valence-electron chi connectivity index (χ3n) is 2.77. The molecule has 2 aromatic carbocycles. The predicted octanol–water partition coefficient (Wildman–Crippen LogP) is 5.61. The molecule has 3 rings (SSSR count). The maximum absolute atomic E-state index is 5.76. The molecular weight excluding hydrogens is 392 g/mol. The minimum Gasteiger partial charge on any atom is -0.489 e. The van der Waals surface area contributed by atoms with Crippen LogP contribution >= 0.6 is 0 Å². The number of hydrogen-bond acceptors (Lipinski definition) is 8. The fraction of sp³-hybridized carbons (Fsp3) is 0.0455. The van der Waals surface area contributed by atoms with Crippen LogP contribution in [0, 0.1) is 37.9 Å². The predicted molar refractivity (Wildman–Crippen MR) is 138 cm³/mol. The van der Waals surface area contributed by atoms with Crippen LogP contribution in [0.4, 0.5) is 0 Å². The molecular formula is C22H34N8O. The third-order valence-corrected chi connectivity index (χ3v) is 2.77. The van der Waals surface area contributed by atoms with Gasteiger partial charge in [-0.1, -0.05) is 30.3 Å². The van der Waals surface area contributed by atoms with Crippen molar-refractivity contribution in [1.82, 2.24) is 4.98 Å². The van der Waals surface area contributed by atoms with E-state index in [-0.39, 0.29) is 0 Å². The lowest BCUT2D eigenvalue weighted by molar-refractivity contribution is 0.306. The van der Waals surface area contributed by atoms with Crippen LogP contribution in [0.1, 0.15) is 5.56 Å². The van der Waals surface area contributed by atoms with Crippen molar-refractivity contribution >= 4 is 57.9 Å². The van der Waals surface area contributed by atoms with Gasteiger partial charge in [0.1, 0.15) is 12.4 Å². The van der Waals surface area contributed by atoms with Crippen LogP contribution in [-0.2, 0) is 6.61 Å². The van der Waals surface area contributed by atoms with E-state index in [0.29, 0.717) is 6.61 Å². The Hall–Kier alpha value is -4.53. The molecule has 0 bridgehead atoms. The Labute approximate surface area is 184 Å². The topological polar surface area (TPSA) is 192 Å². The van der Waals surface area contributed by atoms with E-state index in [1.165, 1.54) is 10.9 Å². The van der Waals surface area contributed by atoms with Crippen molar-refractivity contribution in [3.05, 3.63) is 66.4 Å². The highest BCUT2D eigenvalue weighted by atomic mass is 16.5. The Balaban J connectivity index is -0.000000139. The van der Waals surface area contributed by atoms with Gasteiger partial charge in [-0.15, -0.1) is 0 Å². The fourth-order valence-electron chi connectivity index (χ4n) is 1.86. The van der Waals surface area contributed by atoms with Gasteiger partial charge < -0.3 is 47.6 Å². The highest BCUT2D eigenvalue weighted by molar-refractivity contribution is 5.80. The van der Waals surface area contributed by atoms with Gasteiger partial charge in [-0.25, -0.2) is 0 Å². The summed E-state index contributed by atoms with van der Waals surface area (Å²) in [5.41, 5.74) is 2.32. The first-order chi connectivity index (χ1) is 15.4. The average molecular weight is 427 g/mol. The van der Waals surface area contributed by atoms with Gasteiger partial charge in [-0.3, -0.25) is 0 Å². The van der Waals surface area contributed by atoms with Gasteiger partial charge in [-0.05, 0) is 76.9 Å². The SMILES string of the molecule is C=N.C=N.C=N.C=N.C=N.C=N.C=N.c1ccc(COc2ccc3[nH]ccc3c2)cc1. The van der Waals surface area contributed by atoms with Crippen molar-refractivity contribution in [3.8, 4) is 5.75 Å². The van der Waals surface area contributed by atoms with E-state index in [0.717, 1.165) is 11.3 Å². The highest BCUT2D eigenvalue weighted by Crippen LogP contribution is 2.20. The number of nitrogens with one attached hydrogen (secondary N) is 8. The van der Waals surface area contributed by atoms with Crippen molar-refractivity contribution in [2.45, 2.75) is 6.61 Å². The summed E-state index contributed by atoms with van der Waals surface area (Å²) in [7, 11) is 0. The van der Waals surface area contributed by atoms with Crippen molar-refractivity contribution in [1.29, 1.82) is 37.9 Å². The van der Waals surface area contributed by atoms with Crippen molar-refractivity contribution in [3.63, 3.8) is 0 Å². The standard InChI is InChI=1S/C15H13NO.7CH3N/c1-2-4-12(5-3-1)11-17-14-6-7-15-13(10-14)8-9-16-15;7*1-2/h1-10,16H,11H2;7*2H,1H2. The van der Waals surface area contributed by atoms with E-state index in [1.54, 1.807) is 0 Å². The molecule has 9 heteroatoms.